The number of aliphatic carboxylic acids is 1. The molecule has 0 saturated carbocycles. The molecular weight excluding hydrogens is 355 g/mol. The van der Waals surface area contributed by atoms with Gasteiger partial charge in [0.2, 0.25) is 0 Å². The minimum Gasteiger partial charge on any atom is -0.506 e. The van der Waals surface area contributed by atoms with Gasteiger partial charge >= 0.3 is 5.97 Å². The molecule has 1 aromatic heterocycles. The molecule has 0 radical (unpaired) electrons. The molecular formula is C19H15FN2O5. The summed E-state index contributed by atoms with van der Waals surface area (Å²) in [5.41, 5.74) is 0.186. The van der Waals surface area contributed by atoms with Gasteiger partial charge in [-0.2, -0.15) is 0 Å². The number of nitrogens with one attached hydrogen (secondary N) is 1. The van der Waals surface area contributed by atoms with Crippen LogP contribution in [-0.2, 0) is 11.8 Å². The number of fused-ring (bicyclic) bond motifs is 1. The number of carboxylic acids is 1. The fourth-order valence-corrected chi connectivity index (χ4v) is 2.83. The number of carbonyl (C=O) groups is 2. The number of amides is 1. The fourth-order valence-electron chi connectivity index (χ4n) is 2.83. The van der Waals surface area contributed by atoms with Crippen LogP contribution in [0, 0.1) is 5.82 Å². The summed E-state index contributed by atoms with van der Waals surface area (Å²) in [7, 11) is 1.43. The van der Waals surface area contributed by atoms with E-state index < -0.39 is 41.1 Å². The zero-order valence-electron chi connectivity index (χ0n) is 14.2. The predicted octanol–water partition coefficient (Wildman–Crippen LogP) is 1.86. The van der Waals surface area contributed by atoms with Crippen molar-refractivity contribution in [1.29, 1.82) is 0 Å². The van der Waals surface area contributed by atoms with E-state index in [1.807, 2.05) is 0 Å². The highest BCUT2D eigenvalue weighted by Crippen LogP contribution is 2.31. The van der Waals surface area contributed by atoms with Gasteiger partial charge in [-0.1, -0.05) is 18.2 Å². The highest BCUT2D eigenvalue weighted by Gasteiger charge is 2.21. The Hall–Kier alpha value is -3.68. The van der Waals surface area contributed by atoms with Gasteiger partial charge < -0.3 is 20.1 Å². The number of benzene rings is 2. The first kappa shape index (κ1) is 18.1. The molecule has 0 fully saturated rings. The van der Waals surface area contributed by atoms with E-state index in [0.717, 1.165) is 0 Å². The van der Waals surface area contributed by atoms with Gasteiger partial charge in [0.15, 0.2) is 0 Å². The molecule has 0 unspecified atom stereocenters. The SMILES string of the molecule is Cn1c(=O)c(C(=O)NCC(=O)O)c(O)c2cc(-c3cccc(F)c3)ccc21. The number of aromatic hydroxyl groups is 1. The van der Waals surface area contributed by atoms with E-state index in [-0.39, 0.29) is 5.39 Å². The standard InChI is InChI=1S/C19H15FN2O5/c1-22-14-6-5-11(10-3-2-4-12(20)7-10)8-13(14)17(25)16(19(22)27)18(26)21-9-15(23)24/h2-8,25H,9H2,1H3,(H,21,26)(H,23,24). The van der Waals surface area contributed by atoms with Gasteiger partial charge in [0.25, 0.3) is 11.5 Å². The van der Waals surface area contributed by atoms with Crippen LogP contribution >= 0.6 is 0 Å². The van der Waals surface area contributed by atoms with Gasteiger partial charge in [0, 0.05) is 12.4 Å². The van der Waals surface area contributed by atoms with E-state index in [0.29, 0.717) is 16.6 Å². The lowest BCUT2D eigenvalue weighted by molar-refractivity contribution is -0.135. The lowest BCUT2D eigenvalue weighted by Crippen LogP contribution is -2.35. The van der Waals surface area contributed by atoms with Crippen molar-refractivity contribution in [3.63, 3.8) is 0 Å². The summed E-state index contributed by atoms with van der Waals surface area (Å²) < 4.78 is 14.7. The first-order chi connectivity index (χ1) is 12.8. The average Bonchev–Trinajstić information content (AvgIpc) is 2.64. The quantitative estimate of drug-likeness (QED) is 0.650. The summed E-state index contributed by atoms with van der Waals surface area (Å²) in [5, 5.41) is 21.5. The van der Waals surface area contributed by atoms with Gasteiger partial charge in [-0.3, -0.25) is 14.4 Å². The molecule has 0 aliphatic heterocycles. The van der Waals surface area contributed by atoms with E-state index in [9.17, 15) is 23.9 Å². The van der Waals surface area contributed by atoms with Crippen LogP contribution in [0.2, 0.25) is 0 Å². The van der Waals surface area contributed by atoms with Crippen LogP contribution in [-0.4, -0.2) is 33.2 Å². The molecule has 3 N–H and O–H groups in total. The molecule has 7 nitrogen and oxygen atoms in total. The van der Waals surface area contributed by atoms with Crippen LogP contribution in [0.3, 0.4) is 0 Å². The molecule has 3 rings (SSSR count). The number of nitrogens with zero attached hydrogens (tertiary/aromatic N) is 1. The van der Waals surface area contributed by atoms with E-state index in [2.05, 4.69) is 5.32 Å². The predicted molar refractivity (Wildman–Crippen MR) is 96.2 cm³/mol. The molecule has 0 aliphatic rings. The van der Waals surface area contributed by atoms with Gasteiger partial charge in [-0.15, -0.1) is 0 Å². The van der Waals surface area contributed by atoms with Crippen molar-refractivity contribution in [1.82, 2.24) is 9.88 Å². The second-order valence-electron chi connectivity index (χ2n) is 5.91. The third kappa shape index (κ3) is 3.37. The molecule has 1 heterocycles. The third-order valence-electron chi connectivity index (χ3n) is 4.15. The minimum atomic E-state index is -1.28. The molecule has 3 aromatic rings. The third-order valence-corrected chi connectivity index (χ3v) is 4.15. The van der Waals surface area contributed by atoms with Crippen LogP contribution in [0.5, 0.6) is 5.75 Å². The summed E-state index contributed by atoms with van der Waals surface area (Å²) in [6.07, 6.45) is 0. The average molecular weight is 370 g/mol. The van der Waals surface area contributed by atoms with E-state index >= 15 is 0 Å². The Kier molecular flexibility index (Phi) is 4.64. The number of hydrogen-bond acceptors (Lipinski definition) is 4. The van der Waals surface area contributed by atoms with E-state index in [4.69, 9.17) is 5.11 Å². The van der Waals surface area contributed by atoms with Crippen LogP contribution in [0.15, 0.2) is 47.3 Å². The Bertz CT molecular complexity index is 1140. The van der Waals surface area contributed by atoms with Crippen molar-refractivity contribution in [3.05, 3.63) is 64.2 Å². The van der Waals surface area contributed by atoms with Crippen LogP contribution < -0.4 is 10.9 Å². The summed E-state index contributed by atoms with van der Waals surface area (Å²) >= 11 is 0. The minimum absolute atomic E-state index is 0.208. The lowest BCUT2D eigenvalue weighted by Gasteiger charge is -2.13. The van der Waals surface area contributed by atoms with Crippen LogP contribution in [0.4, 0.5) is 4.39 Å². The number of carboxylic acid groups (broad SMARTS) is 1. The molecule has 2 aromatic carbocycles. The smallest absolute Gasteiger partial charge is 0.322 e. The summed E-state index contributed by atoms with van der Waals surface area (Å²) in [5.74, 6) is -3.26. The van der Waals surface area contributed by atoms with Crippen LogP contribution in [0.1, 0.15) is 10.4 Å². The number of hydrogen-bond donors (Lipinski definition) is 3. The number of rotatable bonds is 4. The van der Waals surface area contributed by atoms with Crippen molar-refractivity contribution >= 4 is 22.8 Å². The van der Waals surface area contributed by atoms with E-state index in [1.54, 1.807) is 24.3 Å². The largest absolute Gasteiger partial charge is 0.506 e. The van der Waals surface area contributed by atoms with Crippen molar-refractivity contribution < 1.29 is 24.2 Å². The Labute approximate surface area is 152 Å². The maximum atomic E-state index is 13.5. The number of pyridine rings is 1. The zero-order chi connectivity index (χ0) is 19.7. The Morgan fingerprint density at radius 2 is 1.85 bits per heavy atom. The Morgan fingerprint density at radius 1 is 1.15 bits per heavy atom. The first-order valence-corrected chi connectivity index (χ1v) is 7.91. The number of halogens is 1. The number of aryl methyl sites for hydroxylation is 1. The van der Waals surface area contributed by atoms with Gasteiger partial charge in [-0.25, -0.2) is 4.39 Å². The van der Waals surface area contributed by atoms with Crippen molar-refractivity contribution in [2.45, 2.75) is 0 Å². The van der Waals surface area contributed by atoms with Crippen molar-refractivity contribution in [2.24, 2.45) is 7.05 Å². The Morgan fingerprint density at radius 3 is 2.52 bits per heavy atom. The maximum absolute atomic E-state index is 13.5. The summed E-state index contributed by atoms with van der Waals surface area (Å²) in [4.78, 5) is 35.2. The second-order valence-corrected chi connectivity index (χ2v) is 5.91. The molecule has 1 amide bonds. The molecule has 0 aliphatic carbocycles. The highest BCUT2D eigenvalue weighted by atomic mass is 19.1. The summed E-state index contributed by atoms with van der Waals surface area (Å²) in [6, 6.07) is 10.6. The van der Waals surface area contributed by atoms with Gasteiger partial charge in [-0.05, 0) is 35.4 Å². The number of carbonyl (C=O) groups excluding carboxylic acids is 1. The summed E-state index contributed by atoms with van der Waals surface area (Å²) in [6.45, 7) is -0.692. The molecule has 138 valence electrons. The monoisotopic (exact) mass is 370 g/mol. The zero-order valence-corrected chi connectivity index (χ0v) is 14.2. The normalized spacial score (nSPS) is 10.7. The van der Waals surface area contributed by atoms with Gasteiger partial charge in [0.1, 0.15) is 23.7 Å². The van der Waals surface area contributed by atoms with E-state index in [1.165, 1.54) is 29.8 Å². The molecule has 0 saturated heterocycles. The highest BCUT2D eigenvalue weighted by molar-refractivity contribution is 6.03. The topological polar surface area (TPSA) is 109 Å². The maximum Gasteiger partial charge on any atom is 0.322 e. The number of aromatic nitrogens is 1. The molecule has 0 spiro atoms. The second kappa shape index (κ2) is 6.91. The van der Waals surface area contributed by atoms with Crippen molar-refractivity contribution in [2.75, 3.05) is 6.54 Å². The molecule has 27 heavy (non-hydrogen) atoms. The fraction of sp³-hybridized carbons (Fsp3) is 0.105. The van der Waals surface area contributed by atoms with Crippen LogP contribution in [0.25, 0.3) is 22.0 Å². The molecule has 0 atom stereocenters. The van der Waals surface area contributed by atoms with Crippen molar-refractivity contribution in [3.8, 4) is 16.9 Å². The Balaban J connectivity index is 2.20. The molecule has 0 bridgehead atoms. The lowest BCUT2D eigenvalue weighted by atomic mass is 10.0. The first-order valence-electron chi connectivity index (χ1n) is 7.91. The van der Waals surface area contributed by atoms with Gasteiger partial charge in [0.05, 0.1) is 5.52 Å². The molecule has 8 heteroatoms.